The Kier molecular flexibility index (Phi) is 7.34. The predicted octanol–water partition coefficient (Wildman–Crippen LogP) is 2.07. The van der Waals surface area contributed by atoms with E-state index in [0.717, 1.165) is 11.3 Å². The molecule has 0 unspecified atom stereocenters. The molecule has 0 spiro atoms. The molecule has 17 heavy (non-hydrogen) atoms. The maximum atomic E-state index is 11.2. The highest BCUT2D eigenvalue weighted by atomic mass is 35.5. The summed E-state index contributed by atoms with van der Waals surface area (Å²) >= 11 is 0. The molecule has 0 radical (unpaired) electrons. The molecule has 1 aromatic carbocycles. The Balaban J connectivity index is 0.00000256. The number of methoxy groups -OCH3 is 1. The Hall–Kier alpha value is -1.26. The van der Waals surface area contributed by atoms with E-state index < -0.39 is 0 Å². The first-order chi connectivity index (χ1) is 7.67. The Morgan fingerprint density at radius 3 is 2.76 bits per heavy atom. The van der Waals surface area contributed by atoms with Gasteiger partial charge in [0.1, 0.15) is 5.75 Å². The number of nitrogens with two attached hydrogens (primary N) is 1. The van der Waals surface area contributed by atoms with Crippen molar-refractivity contribution in [3.05, 3.63) is 29.8 Å². The fraction of sp³-hybridized carbons (Fsp3) is 0.417. The van der Waals surface area contributed by atoms with E-state index in [-0.39, 0.29) is 30.8 Å². The van der Waals surface area contributed by atoms with E-state index in [4.69, 9.17) is 15.2 Å². The molecule has 0 saturated heterocycles. The van der Waals surface area contributed by atoms with Crippen molar-refractivity contribution in [3.63, 3.8) is 0 Å². The summed E-state index contributed by atoms with van der Waals surface area (Å²) in [5.74, 6) is 0.453. The average Bonchev–Trinajstić information content (AvgIpc) is 2.29. The summed E-state index contributed by atoms with van der Waals surface area (Å²) in [5.41, 5.74) is 6.76. The second-order valence-corrected chi connectivity index (χ2v) is 3.39. The molecule has 4 nitrogen and oxygen atoms in total. The minimum absolute atomic E-state index is 0. The third kappa shape index (κ3) is 5.06. The molecule has 1 rings (SSSR count). The van der Waals surface area contributed by atoms with Crippen LogP contribution < -0.4 is 10.5 Å². The Morgan fingerprint density at radius 1 is 1.47 bits per heavy atom. The van der Waals surface area contributed by atoms with Crippen molar-refractivity contribution in [2.75, 3.05) is 13.7 Å². The third-order valence-electron chi connectivity index (χ3n) is 2.21. The van der Waals surface area contributed by atoms with Gasteiger partial charge in [-0.25, -0.2) is 0 Å². The van der Waals surface area contributed by atoms with Gasteiger partial charge in [0.05, 0.1) is 20.1 Å². The van der Waals surface area contributed by atoms with Crippen molar-refractivity contribution in [1.82, 2.24) is 0 Å². The number of halogens is 1. The SMILES string of the molecule is CCOC(=O)C[C@H](N)c1cccc(OC)c1.Cl. The lowest BCUT2D eigenvalue weighted by atomic mass is 10.0. The molecule has 0 bridgehead atoms. The summed E-state index contributed by atoms with van der Waals surface area (Å²) in [6, 6.07) is 7.02. The van der Waals surface area contributed by atoms with Crippen LogP contribution in [0.5, 0.6) is 5.75 Å². The van der Waals surface area contributed by atoms with Crippen molar-refractivity contribution < 1.29 is 14.3 Å². The minimum Gasteiger partial charge on any atom is -0.497 e. The van der Waals surface area contributed by atoms with Gasteiger partial charge >= 0.3 is 5.97 Å². The lowest BCUT2D eigenvalue weighted by Gasteiger charge is -2.12. The van der Waals surface area contributed by atoms with Crippen molar-refractivity contribution in [2.24, 2.45) is 5.73 Å². The molecular weight excluding hydrogens is 242 g/mol. The number of hydrogen-bond acceptors (Lipinski definition) is 4. The summed E-state index contributed by atoms with van der Waals surface area (Å²) in [5, 5.41) is 0. The normalized spacial score (nSPS) is 11.2. The van der Waals surface area contributed by atoms with Crippen LogP contribution in [0.4, 0.5) is 0 Å². The number of rotatable bonds is 5. The van der Waals surface area contributed by atoms with Gasteiger partial charge in [-0.15, -0.1) is 12.4 Å². The number of hydrogen-bond donors (Lipinski definition) is 1. The average molecular weight is 260 g/mol. The number of ether oxygens (including phenoxy) is 2. The monoisotopic (exact) mass is 259 g/mol. The van der Waals surface area contributed by atoms with Gasteiger partial charge in [0.25, 0.3) is 0 Å². The van der Waals surface area contributed by atoms with Gasteiger partial charge in [-0.1, -0.05) is 12.1 Å². The summed E-state index contributed by atoms with van der Waals surface area (Å²) in [7, 11) is 1.59. The van der Waals surface area contributed by atoms with E-state index in [1.54, 1.807) is 14.0 Å². The number of carbonyl (C=O) groups is 1. The maximum absolute atomic E-state index is 11.2. The zero-order valence-corrected chi connectivity index (χ0v) is 10.8. The lowest BCUT2D eigenvalue weighted by Crippen LogP contribution is -2.17. The minimum atomic E-state index is -0.353. The summed E-state index contributed by atoms with van der Waals surface area (Å²) in [4.78, 5) is 11.2. The molecule has 96 valence electrons. The molecule has 0 amide bonds. The zero-order chi connectivity index (χ0) is 12.0. The smallest absolute Gasteiger partial charge is 0.307 e. The van der Waals surface area contributed by atoms with Crippen LogP contribution in [0.1, 0.15) is 24.9 Å². The molecule has 0 aromatic heterocycles. The van der Waals surface area contributed by atoms with Crippen LogP contribution in [0.15, 0.2) is 24.3 Å². The van der Waals surface area contributed by atoms with Crippen LogP contribution in [0, 0.1) is 0 Å². The highest BCUT2D eigenvalue weighted by molar-refractivity contribution is 5.85. The van der Waals surface area contributed by atoms with Crippen LogP contribution in [-0.4, -0.2) is 19.7 Å². The van der Waals surface area contributed by atoms with Gasteiger partial charge < -0.3 is 15.2 Å². The summed E-state index contributed by atoms with van der Waals surface area (Å²) < 4.78 is 9.93. The first kappa shape index (κ1) is 15.7. The van der Waals surface area contributed by atoms with Crippen molar-refractivity contribution in [3.8, 4) is 5.75 Å². The van der Waals surface area contributed by atoms with E-state index in [9.17, 15) is 4.79 Å². The molecule has 5 heteroatoms. The standard InChI is InChI=1S/C12H17NO3.ClH/c1-3-16-12(14)8-11(13)9-5-4-6-10(7-9)15-2;/h4-7,11H,3,8,13H2,1-2H3;1H/t11-;/m0./s1. The van der Waals surface area contributed by atoms with Crippen LogP contribution >= 0.6 is 12.4 Å². The Morgan fingerprint density at radius 2 is 2.18 bits per heavy atom. The molecule has 0 aliphatic carbocycles. The number of esters is 1. The highest BCUT2D eigenvalue weighted by Gasteiger charge is 2.12. The Labute approximate surface area is 108 Å². The van der Waals surface area contributed by atoms with Gasteiger partial charge in [0, 0.05) is 6.04 Å². The highest BCUT2D eigenvalue weighted by Crippen LogP contribution is 2.19. The molecular formula is C12H18ClNO3. The molecule has 0 aliphatic rings. The topological polar surface area (TPSA) is 61.5 Å². The van der Waals surface area contributed by atoms with Crippen LogP contribution in [0.2, 0.25) is 0 Å². The zero-order valence-electron chi connectivity index (χ0n) is 10.0. The van der Waals surface area contributed by atoms with Crippen LogP contribution in [-0.2, 0) is 9.53 Å². The predicted molar refractivity (Wildman–Crippen MR) is 68.4 cm³/mol. The summed E-state index contributed by atoms with van der Waals surface area (Å²) in [6.45, 7) is 2.15. The maximum Gasteiger partial charge on any atom is 0.307 e. The van der Waals surface area contributed by atoms with Crippen LogP contribution in [0.25, 0.3) is 0 Å². The Bertz CT molecular complexity index is 357. The van der Waals surface area contributed by atoms with Gasteiger partial charge in [-0.2, -0.15) is 0 Å². The lowest BCUT2D eigenvalue weighted by molar-refractivity contribution is -0.143. The van der Waals surface area contributed by atoms with E-state index in [0.29, 0.717) is 6.61 Å². The number of carbonyl (C=O) groups excluding carboxylic acids is 1. The van der Waals surface area contributed by atoms with Gasteiger partial charge in [-0.3, -0.25) is 4.79 Å². The molecule has 0 fully saturated rings. The fourth-order valence-electron chi connectivity index (χ4n) is 1.39. The van der Waals surface area contributed by atoms with E-state index in [2.05, 4.69) is 0 Å². The summed E-state index contributed by atoms with van der Waals surface area (Å²) in [6.07, 6.45) is 0.182. The van der Waals surface area contributed by atoms with E-state index >= 15 is 0 Å². The van der Waals surface area contributed by atoms with Crippen molar-refractivity contribution in [2.45, 2.75) is 19.4 Å². The molecule has 1 atom stereocenters. The quantitative estimate of drug-likeness (QED) is 0.823. The first-order valence-electron chi connectivity index (χ1n) is 5.22. The second kappa shape index (κ2) is 7.92. The fourth-order valence-corrected chi connectivity index (χ4v) is 1.39. The molecule has 1 aromatic rings. The molecule has 0 saturated carbocycles. The molecule has 0 heterocycles. The third-order valence-corrected chi connectivity index (χ3v) is 2.21. The van der Waals surface area contributed by atoms with Crippen LogP contribution in [0.3, 0.4) is 0 Å². The van der Waals surface area contributed by atoms with E-state index in [1.807, 2.05) is 24.3 Å². The van der Waals surface area contributed by atoms with E-state index in [1.165, 1.54) is 0 Å². The van der Waals surface area contributed by atoms with Crippen molar-refractivity contribution in [1.29, 1.82) is 0 Å². The van der Waals surface area contributed by atoms with Gasteiger partial charge in [0.15, 0.2) is 0 Å². The molecule has 2 N–H and O–H groups in total. The number of benzene rings is 1. The largest absolute Gasteiger partial charge is 0.497 e. The first-order valence-corrected chi connectivity index (χ1v) is 5.22. The van der Waals surface area contributed by atoms with Gasteiger partial charge in [0.2, 0.25) is 0 Å². The van der Waals surface area contributed by atoms with Gasteiger partial charge in [-0.05, 0) is 24.6 Å². The molecule has 0 aliphatic heterocycles. The van der Waals surface area contributed by atoms with Crippen molar-refractivity contribution >= 4 is 18.4 Å². The second-order valence-electron chi connectivity index (χ2n) is 3.39.